The molecule has 0 saturated carbocycles. The summed E-state index contributed by atoms with van der Waals surface area (Å²) < 4.78 is 0. The third-order valence-corrected chi connectivity index (χ3v) is 4.07. The van der Waals surface area contributed by atoms with Crippen molar-refractivity contribution in [3.05, 3.63) is 35.4 Å². The number of benzene rings is 1. The molecule has 5 nitrogen and oxygen atoms in total. The first kappa shape index (κ1) is 15.0. The predicted molar refractivity (Wildman–Crippen MR) is 79.8 cm³/mol. The Bertz CT molecular complexity index is 463. The second-order valence-corrected chi connectivity index (χ2v) is 5.58. The average molecular weight is 276 g/mol. The molecule has 1 unspecified atom stereocenters. The molecular weight excluding hydrogens is 252 g/mol. The molecule has 1 aromatic carbocycles. The number of hydrogen-bond donors (Lipinski definition) is 2. The van der Waals surface area contributed by atoms with E-state index in [-0.39, 0.29) is 5.91 Å². The number of nitrogens with zero attached hydrogens (tertiary/aromatic N) is 2. The van der Waals surface area contributed by atoms with E-state index in [1.165, 1.54) is 5.56 Å². The molecule has 5 heteroatoms. The fraction of sp³-hybridized carbons (Fsp3) is 0.533. The van der Waals surface area contributed by atoms with Crippen LogP contribution in [0.3, 0.4) is 0 Å². The highest BCUT2D eigenvalue weighted by Crippen LogP contribution is 2.15. The number of amides is 1. The van der Waals surface area contributed by atoms with Crippen LogP contribution in [0.4, 0.5) is 0 Å². The maximum atomic E-state index is 11.5. The molecule has 0 bridgehead atoms. The second-order valence-electron chi connectivity index (χ2n) is 5.58. The van der Waals surface area contributed by atoms with E-state index in [9.17, 15) is 4.79 Å². The first-order valence-corrected chi connectivity index (χ1v) is 7.09. The molecule has 1 amide bonds. The van der Waals surface area contributed by atoms with Crippen molar-refractivity contribution in [2.24, 2.45) is 5.84 Å². The quantitative estimate of drug-likeness (QED) is 0.473. The summed E-state index contributed by atoms with van der Waals surface area (Å²) in [7, 11) is 2.17. The van der Waals surface area contributed by atoms with Crippen molar-refractivity contribution in [2.75, 3.05) is 26.7 Å². The maximum absolute atomic E-state index is 11.5. The lowest BCUT2D eigenvalue weighted by Crippen LogP contribution is -2.49. The van der Waals surface area contributed by atoms with Crippen LogP contribution in [0.2, 0.25) is 0 Å². The maximum Gasteiger partial charge on any atom is 0.238 e. The van der Waals surface area contributed by atoms with Gasteiger partial charge >= 0.3 is 0 Å². The predicted octanol–water partition coefficient (Wildman–Crippen LogP) is 0.355. The number of nitrogens with one attached hydrogen (secondary N) is 1. The molecule has 1 atom stereocenters. The van der Waals surface area contributed by atoms with E-state index in [0.717, 1.165) is 31.7 Å². The SMILES string of the molecule is CC1CN(Cc2ccccc2CC(=O)NN)CCN1C. The molecule has 2 rings (SSSR count). The van der Waals surface area contributed by atoms with Crippen LogP contribution in [-0.2, 0) is 17.8 Å². The van der Waals surface area contributed by atoms with E-state index < -0.39 is 0 Å². The van der Waals surface area contributed by atoms with Gasteiger partial charge < -0.3 is 4.90 Å². The van der Waals surface area contributed by atoms with E-state index in [1.807, 2.05) is 18.2 Å². The highest BCUT2D eigenvalue weighted by Gasteiger charge is 2.21. The Morgan fingerprint density at radius 3 is 2.70 bits per heavy atom. The summed E-state index contributed by atoms with van der Waals surface area (Å²) in [5.74, 6) is 5.02. The van der Waals surface area contributed by atoms with Crippen molar-refractivity contribution < 1.29 is 4.79 Å². The van der Waals surface area contributed by atoms with E-state index in [1.54, 1.807) is 0 Å². The van der Waals surface area contributed by atoms with E-state index >= 15 is 0 Å². The summed E-state index contributed by atoms with van der Waals surface area (Å²) in [5, 5.41) is 0. The molecule has 20 heavy (non-hydrogen) atoms. The van der Waals surface area contributed by atoms with E-state index in [4.69, 9.17) is 5.84 Å². The fourth-order valence-corrected chi connectivity index (χ4v) is 2.62. The number of hydrogen-bond acceptors (Lipinski definition) is 4. The Hall–Kier alpha value is -1.43. The lowest BCUT2D eigenvalue weighted by atomic mass is 10.0. The minimum Gasteiger partial charge on any atom is -0.301 e. The van der Waals surface area contributed by atoms with Crippen LogP contribution in [0.1, 0.15) is 18.1 Å². The molecule has 0 spiro atoms. The molecule has 0 aromatic heterocycles. The van der Waals surface area contributed by atoms with Crippen molar-refractivity contribution in [1.82, 2.24) is 15.2 Å². The van der Waals surface area contributed by atoms with Gasteiger partial charge in [0.25, 0.3) is 0 Å². The second kappa shape index (κ2) is 6.83. The summed E-state index contributed by atoms with van der Waals surface area (Å²) in [4.78, 5) is 16.3. The van der Waals surface area contributed by atoms with Crippen LogP contribution < -0.4 is 11.3 Å². The van der Waals surface area contributed by atoms with Gasteiger partial charge in [-0.05, 0) is 25.1 Å². The summed E-state index contributed by atoms with van der Waals surface area (Å²) in [6.07, 6.45) is 0.343. The standard InChI is InChI=1S/C15H24N4O/c1-12-10-19(8-7-18(12)2)11-14-6-4-3-5-13(14)9-15(20)17-16/h3-6,12H,7-11,16H2,1-2H3,(H,17,20). The number of rotatable bonds is 4. The number of likely N-dealkylation sites (N-methyl/N-ethyl adjacent to an activating group) is 1. The van der Waals surface area contributed by atoms with Gasteiger partial charge in [0, 0.05) is 32.2 Å². The highest BCUT2D eigenvalue weighted by atomic mass is 16.2. The highest BCUT2D eigenvalue weighted by molar-refractivity contribution is 5.78. The van der Waals surface area contributed by atoms with E-state index in [0.29, 0.717) is 12.5 Å². The Morgan fingerprint density at radius 1 is 1.35 bits per heavy atom. The molecule has 0 radical (unpaired) electrons. The van der Waals surface area contributed by atoms with Gasteiger partial charge in [-0.2, -0.15) is 0 Å². The van der Waals surface area contributed by atoms with Gasteiger partial charge in [-0.25, -0.2) is 5.84 Å². The zero-order valence-electron chi connectivity index (χ0n) is 12.3. The lowest BCUT2D eigenvalue weighted by Gasteiger charge is -2.38. The van der Waals surface area contributed by atoms with Crippen LogP contribution in [-0.4, -0.2) is 48.4 Å². The van der Waals surface area contributed by atoms with Crippen LogP contribution in [0, 0.1) is 0 Å². The zero-order valence-corrected chi connectivity index (χ0v) is 12.3. The molecule has 0 aliphatic carbocycles. The molecular formula is C15H24N4O. The smallest absolute Gasteiger partial charge is 0.238 e. The average Bonchev–Trinajstić information content (AvgIpc) is 2.45. The molecule has 1 heterocycles. The Kier molecular flexibility index (Phi) is 5.11. The third kappa shape index (κ3) is 3.79. The number of hydrazine groups is 1. The van der Waals surface area contributed by atoms with Crippen LogP contribution in [0.25, 0.3) is 0 Å². The Balaban J connectivity index is 2.03. The molecule has 1 aromatic rings. The lowest BCUT2D eigenvalue weighted by molar-refractivity contribution is -0.120. The van der Waals surface area contributed by atoms with Crippen LogP contribution in [0.5, 0.6) is 0 Å². The van der Waals surface area contributed by atoms with Gasteiger partial charge in [0.2, 0.25) is 5.91 Å². The van der Waals surface area contributed by atoms with Crippen LogP contribution in [0.15, 0.2) is 24.3 Å². The fourth-order valence-electron chi connectivity index (χ4n) is 2.62. The molecule has 1 saturated heterocycles. The normalized spacial score (nSPS) is 20.9. The minimum absolute atomic E-state index is 0.149. The molecule has 1 fully saturated rings. The number of carbonyl (C=O) groups is 1. The summed E-state index contributed by atoms with van der Waals surface area (Å²) in [6, 6.07) is 8.67. The molecule has 3 N–H and O–H groups in total. The number of carbonyl (C=O) groups excluding carboxylic acids is 1. The minimum atomic E-state index is -0.149. The van der Waals surface area contributed by atoms with Crippen LogP contribution >= 0.6 is 0 Å². The summed E-state index contributed by atoms with van der Waals surface area (Å²) in [5.41, 5.74) is 4.47. The Labute approximate surface area is 120 Å². The molecule has 110 valence electrons. The van der Waals surface area contributed by atoms with Crippen molar-refractivity contribution in [2.45, 2.75) is 25.9 Å². The zero-order chi connectivity index (χ0) is 14.5. The first-order valence-electron chi connectivity index (χ1n) is 7.09. The van der Waals surface area contributed by atoms with Crippen molar-refractivity contribution >= 4 is 5.91 Å². The van der Waals surface area contributed by atoms with Gasteiger partial charge in [0.15, 0.2) is 0 Å². The molecule has 1 aliphatic heterocycles. The number of piperazine rings is 1. The van der Waals surface area contributed by atoms with Gasteiger partial charge in [-0.1, -0.05) is 24.3 Å². The van der Waals surface area contributed by atoms with Gasteiger partial charge in [0.05, 0.1) is 6.42 Å². The van der Waals surface area contributed by atoms with Gasteiger partial charge in [0.1, 0.15) is 0 Å². The largest absolute Gasteiger partial charge is 0.301 e. The topological polar surface area (TPSA) is 61.6 Å². The van der Waals surface area contributed by atoms with Crippen molar-refractivity contribution in [1.29, 1.82) is 0 Å². The monoisotopic (exact) mass is 276 g/mol. The number of nitrogens with two attached hydrogens (primary N) is 1. The van der Waals surface area contributed by atoms with Gasteiger partial charge in [-0.3, -0.25) is 15.1 Å². The van der Waals surface area contributed by atoms with Crippen molar-refractivity contribution in [3.8, 4) is 0 Å². The Morgan fingerprint density at radius 2 is 2.05 bits per heavy atom. The summed E-state index contributed by atoms with van der Waals surface area (Å²) >= 11 is 0. The van der Waals surface area contributed by atoms with E-state index in [2.05, 4.69) is 35.3 Å². The molecule has 1 aliphatic rings. The van der Waals surface area contributed by atoms with Crippen molar-refractivity contribution in [3.63, 3.8) is 0 Å². The van der Waals surface area contributed by atoms with Gasteiger partial charge in [-0.15, -0.1) is 0 Å². The summed E-state index contributed by atoms with van der Waals surface area (Å²) in [6.45, 7) is 6.37. The first-order chi connectivity index (χ1) is 9.60. The third-order valence-electron chi connectivity index (χ3n) is 4.07.